The molecule has 7 nitrogen and oxygen atoms in total. The molecule has 0 amide bonds. The van der Waals surface area contributed by atoms with Gasteiger partial charge in [-0.2, -0.15) is 5.10 Å². The summed E-state index contributed by atoms with van der Waals surface area (Å²) >= 11 is 0. The van der Waals surface area contributed by atoms with Crippen molar-refractivity contribution < 1.29 is 13.5 Å². The van der Waals surface area contributed by atoms with Crippen LogP contribution in [0.3, 0.4) is 0 Å². The van der Waals surface area contributed by atoms with Crippen LogP contribution in [0, 0.1) is 32.4 Å². The van der Waals surface area contributed by atoms with Gasteiger partial charge in [0, 0.05) is 23.4 Å². The van der Waals surface area contributed by atoms with Crippen molar-refractivity contribution in [1.82, 2.24) is 29.7 Å². The van der Waals surface area contributed by atoms with E-state index >= 15 is 0 Å². The molecule has 1 aliphatic heterocycles. The van der Waals surface area contributed by atoms with Crippen molar-refractivity contribution in [2.45, 2.75) is 52.2 Å². The van der Waals surface area contributed by atoms with Gasteiger partial charge in [0.1, 0.15) is 28.9 Å². The third kappa shape index (κ3) is 3.99. The van der Waals surface area contributed by atoms with Crippen molar-refractivity contribution >= 4 is 16.7 Å². The van der Waals surface area contributed by atoms with Crippen LogP contribution in [-0.4, -0.2) is 36.3 Å². The highest BCUT2D eigenvalue weighted by molar-refractivity contribution is 5.88. The van der Waals surface area contributed by atoms with E-state index < -0.39 is 11.6 Å². The monoisotopic (exact) mass is 474 g/mol. The largest absolute Gasteiger partial charge is 0.369 e. The fourth-order valence-corrected chi connectivity index (χ4v) is 4.31. The van der Waals surface area contributed by atoms with Crippen LogP contribution in [0.5, 0.6) is 0 Å². The van der Waals surface area contributed by atoms with Gasteiger partial charge in [0.25, 0.3) is 0 Å². The van der Waals surface area contributed by atoms with Gasteiger partial charge >= 0.3 is 0 Å². The third-order valence-electron chi connectivity index (χ3n) is 6.63. The van der Waals surface area contributed by atoms with Gasteiger partial charge < -0.3 is 4.74 Å². The average molecular weight is 475 g/mol. The molecule has 3 aromatic heterocycles. The fraction of sp³-hybridized carbons (Fsp3) is 0.346. The maximum atomic E-state index is 15.0. The minimum Gasteiger partial charge on any atom is -0.369 e. The van der Waals surface area contributed by atoms with Crippen LogP contribution >= 0.6 is 0 Å². The predicted molar refractivity (Wildman–Crippen MR) is 126 cm³/mol. The Bertz CT molecular complexity index is 1510. The molecule has 4 heterocycles. The summed E-state index contributed by atoms with van der Waals surface area (Å²) in [5.74, 6) is -0.871. The normalized spacial score (nSPS) is 18.2. The van der Waals surface area contributed by atoms with Crippen molar-refractivity contribution in [3.63, 3.8) is 0 Å². The minimum absolute atomic E-state index is 0.171. The first-order chi connectivity index (χ1) is 16.9. The number of nitrogens with zero attached hydrogens (tertiary/aromatic N) is 6. The Morgan fingerprint density at radius 3 is 2.57 bits per heavy atom. The van der Waals surface area contributed by atoms with E-state index in [-0.39, 0.29) is 11.7 Å². The Kier molecular flexibility index (Phi) is 5.17. The number of hydrogen-bond acceptors (Lipinski definition) is 6. The molecule has 0 spiro atoms. The van der Waals surface area contributed by atoms with Crippen LogP contribution in [0.15, 0.2) is 30.6 Å². The second kappa shape index (κ2) is 8.27. The average Bonchev–Trinajstić information content (AvgIpc) is 3.58. The molecule has 178 valence electrons. The summed E-state index contributed by atoms with van der Waals surface area (Å²) in [5, 5.41) is 4.47. The Morgan fingerprint density at radius 1 is 0.971 bits per heavy atom. The first kappa shape index (κ1) is 21.9. The lowest BCUT2D eigenvalue weighted by Gasteiger charge is -2.21. The Hall–Kier alpha value is -3.59. The highest BCUT2D eigenvalue weighted by atomic mass is 19.1. The van der Waals surface area contributed by atoms with E-state index in [1.165, 1.54) is 6.07 Å². The molecule has 1 aromatic carbocycles. The standard InChI is InChI=1S/C26H24F2N6O/c1-13-8-19(21(28)10-20(13)27)23-24-26(31-15(3)14(2)30-24)33-25(32-23)16-6-7-35-22(9-16)17-11-29-34(12-17)18-4-5-18/h8-12,18,22H,4-7H2,1-3H3/t22-/m1/s1. The molecule has 9 heteroatoms. The van der Waals surface area contributed by atoms with E-state index in [2.05, 4.69) is 15.1 Å². The van der Waals surface area contributed by atoms with Crippen LogP contribution in [-0.2, 0) is 4.74 Å². The number of fused-ring (bicyclic) bond motifs is 1. The molecule has 0 bridgehead atoms. The molecule has 4 aromatic rings. The van der Waals surface area contributed by atoms with Gasteiger partial charge in [-0.25, -0.2) is 28.7 Å². The predicted octanol–water partition coefficient (Wildman–Crippen LogP) is 5.37. The van der Waals surface area contributed by atoms with Gasteiger partial charge in [-0.05, 0) is 63.3 Å². The van der Waals surface area contributed by atoms with Crippen molar-refractivity contribution in [3.8, 4) is 11.3 Å². The number of benzene rings is 1. The number of aryl methyl sites for hydroxylation is 3. The summed E-state index contributed by atoms with van der Waals surface area (Å²) in [7, 11) is 0. The zero-order valence-electron chi connectivity index (χ0n) is 19.7. The summed E-state index contributed by atoms with van der Waals surface area (Å²) in [6, 6.07) is 2.83. The molecule has 0 unspecified atom stereocenters. The van der Waals surface area contributed by atoms with Crippen molar-refractivity contribution in [3.05, 3.63) is 70.6 Å². The molecular weight excluding hydrogens is 450 g/mol. The lowest BCUT2D eigenvalue weighted by Crippen LogP contribution is -2.12. The third-order valence-corrected chi connectivity index (χ3v) is 6.63. The highest BCUT2D eigenvalue weighted by Gasteiger charge is 2.27. The number of halogens is 2. The van der Waals surface area contributed by atoms with E-state index in [9.17, 15) is 8.78 Å². The molecule has 0 radical (unpaired) electrons. The summed E-state index contributed by atoms with van der Waals surface area (Å²) in [4.78, 5) is 18.7. The van der Waals surface area contributed by atoms with E-state index in [0.717, 1.165) is 35.7 Å². The SMILES string of the molecule is Cc1cc(-c2nc(C3=C[C@H](c4cnn(C5CC5)c4)OCC3)nc3nc(C)c(C)nc23)c(F)cc1F. The van der Waals surface area contributed by atoms with Crippen LogP contribution in [0.2, 0.25) is 0 Å². The Labute approximate surface area is 200 Å². The molecule has 1 fully saturated rings. The first-order valence-electron chi connectivity index (χ1n) is 11.7. The first-order valence-corrected chi connectivity index (χ1v) is 11.7. The van der Waals surface area contributed by atoms with Gasteiger partial charge in [-0.15, -0.1) is 0 Å². The fourth-order valence-electron chi connectivity index (χ4n) is 4.31. The highest BCUT2D eigenvalue weighted by Crippen LogP contribution is 2.37. The minimum atomic E-state index is -0.703. The maximum Gasteiger partial charge on any atom is 0.182 e. The molecule has 0 N–H and O–H groups in total. The van der Waals surface area contributed by atoms with Gasteiger partial charge in [0.05, 0.1) is 30.2 Å². The number of hydrogen-bond donors (Lipinski definition) is 0. The van der Waals surface area contributed by atoms with Gasteiger partial charge in [0.15, 0.2) is 11.5 Å². The van der Waals surface area contributed by atoms with Crippen LogP contribution in [0.25, 0.3) is 28.0 Å². The van der Waals surface area contributed by atoms with Crippen LogP contribution in [0.1, 0.15) is 59.7 Å². The van der Waals surface area contributed by atoms with Crippen LogP contribution in [0.4, 0.5) is 8.78 Å². The second-order valence-electron chi connectivity index (χ2n) is 9.26. The molecule has 6 rings (SSSR count). The molecule has 1 aliphatic carbocycles. The Morgan fingerprint density at radius 2 is 1.77 bits per heavy atom. The molecular formula is C26H24F2N6O. The summed E-state index contributed by atoms with van der Waals surface area (Å²) in [6.07, 6.45) is 8.49. The lowest BCUT2D eigenvalue weighted by molar-refractivity contribution is 0.0825. The smallest absolute Gasteiger partial charge is 0.182 e. The van der Waals surface area contributed by atoms with E-state index in [0.29, 0.717) is 53.0 Å². The number of aromatic nitrogens is 6. The van der Waals surface area contributed by atoms with Crippen molar-refractivity contribution in [2.24, 2.45) is 0 Å². The zero-order valence-corrected chi connectivity index (χ0v) is 19.7. The van der Waals surface area contributed by atoms with Crippen molar-refractivity contribution in [1.29, 1.82) is 0 Å². The van der Waals surface area contributed by atoms with E-state index in [4.69, 9.17) is 14.7 Å². The Balaban J connectivity index is 1.49. The van der Waals surface area contributed by atoms with Gasteiger partial charge in [-0.3, -0.25) is 4.68 Å². The molecule has 35 heavy (non-hydrogen) atoms. The van der Waals surface area contributed by atoms with E-state index in [1.807, 2.05) is 37.0 Å². The summed E-state index contributed by atoms with van der Waals surface area (Å²) < 4.78 is 37.0. The molecule has 0 saturated heterocycles. The summed E-state index contributed by atoms with van der Waals surface area (Å²) in [6.45, 7) is 5.77. The molecule has 2 aliphatic rings. The van der Waals surface area contributed by atoms with E-state index in [1.54, 1.807) is 6.92 Å². The number of ether oxygens (including phenoxy) is 1. The quantitative estimate of drug-likeness (QED) is 0.396. The molecule has 1 atom stereocenters. The number of rotatable bonds is 4. The lowest BCUT2D eigenvalue weighted by atomic mass is 10.0. The topological polar surface area (TPSA) is 78.6 Å². The maximum absolute atomic E-state index is 15.0. The molecule has 1 saturated carbocycles. The zero-order chi connectivity index (χ0) is 24.3. The summed E-state index contributed by atoms with van der Waals surface area (Å²) in [5.41, 5.74) is 4.84. The second-order valence-corrected chi connectivity index (χ2v) is 9.26. The van der Waals surface area contributed by atoms with Gasteiger partial charge in [-0.1, -0.05) is 0 Å². The van der Waals surface area contributed by atoms with Crippen molar-refractivity contribution in [2.75, 3.05) is 6.61 Å². The van der Waals surface area contributed by atoms with Crippen LogP contribution < -0.4 is 0 Å². The van der Waals surface area contributed by atoms with Gasteiger partial charge in [0.2, 0.25) is 0 Å².